The van der Waals surface area contributed by atoms with Gasteiger partial charge < -0.3 is 13.6 Å². The number of piperidine rings is 3. The monoisotopic (exact) mass is 372 g/mol. The Morgan fingerprint density at radius 1 is 1.15 bits per heavy atom. The Kier molecular flexibility index (Phi) is 5.00. The molecule has 2 aromatic heterocycles. The fraction of sp³-hybridized carbons (Fsp3) is 0.571. The average Bonchev–Trinajstić information content (AvgIpc) is 3.20. The highest BCUT2D eigenvalue weighted by molar-refractivity contribution is 5.68. The van der Waals surface area contributed by atoms with Crippen LogP contribution in [0.25, 0.3) is 0 Å². The maximum absolute atomic E-state index is 13.0. The molecule has 6 heteroatoms. The third kappa shape index (κ3) is 4.05. The van der Waals surface area contributed by atoms with Crippen LogP contribution < -0.4 is 0 Å². The summed E-state index contributed by atoms with van der Waals surface area (Å²) in [6.45, 7) is 9.68. The molecule has 146 valence electrons. The Morgan fingerprint density at radius 3 is 2.44 bits per heavy atom. The number of nitrogens with zero attached hydrogens (tertiary/aromatic N) is 2. The molecule has 0 radical (unpaired) electrons. The number of fused-ring (bicyclic) bond motifs is 3. The average molecular weight is 372 g/mol. The zero-order chi connectivity index (χ0) is 19.0. The van der Waals surface area contributed by atoms with Crippen molar-refractivity contribution in [3.63, 3.8) is 0 Å². The van der Waals surface area contributed by atoms with Crippen molar-refractivity contribution in [2.24, 2.45) is 5.92 Å². The zero-order valence-electron chi connectivity index (χ0n) is 16.4. The normalized spacial score (nSPS) is 24.2. The third-order valence-electron chi connectivity index (χ3n) is 5.81. The largest absolute Gasteiger partial charge is 0.464 e. The second kappa shape index (κ2) is 7.43. The van der Waals surface area contributed by atoms with Crippen molar-refractivity contribution in [3.05, 3.63) is 46.8 Å². The predicted molar refractivity (Wildman–Crippen MR) is 100 cm³/mol. The Labute approximate surface area is 160 Å². The highest BCUT2D eigenvalue weighted by atomic mass is 16.6. The van der Waals surface area contributed by atoms with E-state index in [9.17, 15) is 4.79 Å². The first-order valence-electron chi connectivity index (χ1n) is 9.77. The molecule has 27 heavy (non-hydrogen) atoms. The SMILES string of the molecule is Cc1ccc(CN(Cc2cc(C)c(C)o2)C(=O)O[C@H]2CN3CCC2CC3)o1. The van der Waals surface area contributed by atoms with Crippen LogP contribution in [-0.2, 0) is 17.8 Å². The fourth-order valence-corrected chi connectivity index (χ4v) is 4.11. The van der Waals surface area contributed by atoms with Gasteiger partial charge in [-0.2, -0.15) is 0 Å². The first-order chi connectivity index (χ1) is 13.0. The van der Waals surface area contributed by atoms with Crippen LogP contribution in [0.1, 0.15) is 41.4 Å². The topological polar surface area (TPSA) is 59.1 Å². The predicted octanol–water partition coefficient (Wildman–Crippen LogP) is 4.03. The summed E-state index contributed by atoms with van der Waals surface area (Å²) in [6, 6.07) is 5.80. The van der Waals surface area contributed by atoms with Crippen molar-refractivity contribution in [1.29, 1.82) is 0 Å². The summed E-state index contributed by atoms with van der Waals surface area (Å²) >= 11 is 0. The molecule has 1 atom stereocenters. The lowest BCUT2D eigenvalue weighted by atomic mass is 9.86. The van der Waals surface area contributed by atoms with Gasteiger partial charge in [-0.05, 0) is 76.4 Å². The van der Waals surface area contributed by atoms with Gasteiger partial charge in [0, 0.05) is 6.54 Å². The molecule has 5 heterocycles. The molecule has 0 unspecified atom stereocenters. The lowest BCUT2D eigenvalue weighted by Crippen LogP contribution is -2.52. The molecule has 2 bridgehead atoms. The van der Waals surface area contributed by atoms with Crippen LogP contribution >= 0.6 is 0 Å². The number of aryl methyl sites for hydroxylation is 3. The lowest BCUT2D eigenvalue weighted by molar-refractivity contribution is -0.0458. The van der Waals surface area contributed by atoms with E-state index in [1.807, 2.05) is 39.0 Å². The highest BCUT2D eigenvalue weighted by Gasteiger charge is 2.37. The van der Waals surface area contributed by atoms with Gasteiger partial charge in [-0.25, -0.2) is 4.79 Å². The Morgan fingerprint density at radius 2 is 1.89 bits per heavy atom. The van der Waals surface area contributed by atoms with E-state index in [1.165, 1.54) is 0 Å². The standard InChI is InChI=1S/C21H28N2O4/c1-14-10-19(26-16(14)3)12-23(11-18-5-4-15(2)25-18)21(24)27-20-13-22-8-6-17(20)7-9-22/h4-5,10,17,20H,6-9,11-13H2,1-3H3/t20-/m0/s1. The summed E-state index contributed by atoms with van der Waals surface area (Å²) in [6.07, 6.45) is 1.92. The van der Waals surface area contributed by atoms with Crippen molar-refractivity contribution in [1.82, 2.24) is 9.80 Å². The maximum atomic E-state index is 13.0. The van der Waals surface area contributed by atoms with Gasteiger partial charge in [-0.15, -0.1) is 0 Å². The molecule has 0 spiro atoms. The number of carbonyl (C=O) groups is 1. The second-order valence-electron chi connectivity index (χ2n) is 7.88. The summed E-state index contributed by atoms with van der Waals surface area (Å²) in [5.41, 5.74) is 1.09. The number of hydrogen-bond acceptors (Lipinski definition) is 5. The van der Waals surface area contributed by atoms with Crippen molar-refractivity contribution >= 4 is 6.09 Å². The quantitative estimate of drug-likeness (QED) is 0.793. The van der Waals surface area contributed by atoms with E-state index in [2.05, 4.69) is 4.90 Å². The molecule has 3 aliphatic rings. The molecular formula is C21H28N2O4. The molecule has 2 aromatic rings. The molecule has 0 aliphatic carbocycles. The zero-order valence-corrected chi connectivity index (χ0v) is 16.4. The van der Waals surface area contributed by atoms with E-state index in [0.29, 0.717) is 19.0 Å². The summed E-state index contributed by atoms with van der Waals surface area (Å²) in [7, 11) is 0. The third-order valence-corrected chi connectivity index (χ3v) is 5.81. The number of amides is 1. The number of hydrogen-bond donors (Lipinski definition) is 0. The Bertz CT molecular complexity index is 781. The molecule has 3 aliphatic heterocycles. The molecule has 1 amide bonds. The van der Waals surface area contributed by atoms with E-state index >= 15 is 0 Å². The van der Waals surface area contributed by atoms with Crippen molar-refractivity contribution in [2.45, 2.75) is 52.8 Å². The molecule has 6 nitrogen and oxygen atoms in total. The van der Waals surface area contributed by atoms with Gasteiger partial charge in [-0.3, -0.25) is 9.80 Å². The highest BCUT2D eigenvalue weighted by Crippen LogP contribution is 2.30. The minimum atomic E-state index is -0.297. The number of furan rings is 2. The van der Waals surface area contributed by atoms with Gasteiger partial charge in [0.15, 0.2) is 0 Å². The van der Waals surface area contributed by atoms with Gasteiger partial charge in [0.05, 0.1) is 13.1 Å². The van der Waals surface area contributed by atoms with E-state index in [4.69, 9.17) is 13.6 Å². The molecule has 0 saturated carbocycles. The molecule has 5 rings (SSSR count). The maximum Gasteiger partial charge on any atom is 0.410 e. The first kappa shape index (κ1) is 18.2. The number of ether oxygens (including phenoxy) is 1. The minimum Gasteiger partial charge on any atom is -0.464 e. The summed E-state index contributed by atoms with van der Waals surface area (Å²) < 4.78 is 17.4. The first-order valence-corrected chi connectivity index (χ1v) is 9.77. The van der Waals surface area contributed by atoms with E-state index in [-0.39, 0.29) is 12.2 Å². The van der Waals surface area contributed by atoms with Crippen LogP contribution in [0, 0.1) is 26.7 Å². The van der Waals surface area contributed by atoms with Gasteiger partial charge in [0.25, 0.3) is 0 Å². The van der Waals surface area contributed by atoms with E-state index < -0.39 is 0 Å². The van der Waals surface area contributed by atoms with Crippen molar-refractivity contribution < 1.29 is 18.4 Å². The second-order valence-corrected chi connectivity index (χ2v) is 7.88. The van der Waals surface area contributed by atoms with Crippen LogP contribution in [0.4, 0.5) is 4.79 Å². The minimum absolute atomic E-state index is 0.0130. The van der Waals surface area contributed by atoms with Crippen molar-refractivity contribution in [3.8, 4) is 0 Å². The van der Waals surface area contributed by atoms with Crippen LogP contribution in [0.5, 0.6) is 0 Å². The summed E-state index contributed by atoms with van der Waals surface area (Å²) in [4.78, 5) is 17.1. The van der Waals surface area contributed by atoms with E-state index in [1.54, 1.807) is 4.90 Å². The Balaban J connectivity index is 1.48. The van der Waals surface area contributed by atoms with Gasteiger partial charge in [0.1, 0.15) is 29.1 Å². The van der Waals surface area contributed by atoms with E-state index in [0.717, 1.165) is 61.1 Å². The Hall–Kier alpha value is -2.21. The van der Waals surface area contributed by atoms with Crippen molar-refractivity contribution in [2.75, 3.05) is 19.6 Å². The summed E-state index contributed by atoms with van der Waals surface area (Å²) in [5, 5.41) is 0. The van der Waals surface area contributed by atoms with Crippen LogP contribution in [-0.4, -0.2) is 41.6 Å². The molecule has 0 aromatic carbocycles. The van der Waals surface area contributed by atoms with Gasteiger partial charge >= 0.3 is 6.09 Å². The summed E-state index contributed by atoms with van der Waals surface area (Å²) in [5.74, 6) is 3.71. The smallest absolute Gasteiger partial charge is 0.410 e. The van der Waals surface area contributed by atoms with Gasteiger partial charge in [-0.1, -0.05) is 0 Å². The lowest BCUT2D eigenvalue weighted by Gasteiger charge is -2.44. The molecule has 3 fully saturated rings. The number of carbonyl (C=O) groups excluding carboxylic acids is 1. The fourth-order valence-electron chi connectivity index (χ4n) is 4.11. The number of rotatable bonds is 5. The molecule has 0 N–H and O–H groups in total. The van der Waals surface area contributed by atoms with Gasteiger partial charge in [0.2, 0.25) is 0 Å². The molecule has 3 saturated heterocycles. The van der Waals surface area contributed by atoms with Crippen LogP contribution in [0.15, 0.2) is 27.0 Å². The molecular weight excluding hydrogens is 344 g/mol. The van der Waals surface area contributed by atoms with Crippen LogP contribution in [0.3, 0.4) is 0 Å². The van der Waals surface area contributed by atoms with Crippen LogP contribution in [0.2, 0.25) is 0 Å².